The summed E-state index contributed by atoms with van der Waals surface area (Å²) in [5.74, 6) is 0.444. The van der Waals surface area contributed by atoms with Crippen LogP contribution in [0.25, 0.3) is 0 Å². The van der Waals surface area contributed by atoms with Crippen LogP contribution in [0.4, 0.5) is 0 Å². The van der Waals surface area contributed by atoms with Crippen molar-refractivity contribution in [3.05, 3.63) is 17.7 Å². The van der Waals surface area contributed by atoms with Crippen molar-refractivity contribution in [2.75, 3.05) is 28.3 Å². The zero-order valence-corrected chi connectivity index (χ0v) is 12.5. The molecule has 1 rings (SSSR count). The molecule has 0 aliphatic rings. The number of hydrogen-bond donors (Lipinski definition) is 0. The first-order valence-electron chi connectivity index (χ1n) is 4.77. The molecule has 17 heavy (non-hydrogen) atoms. The number of nitrogens with zero attached hydrogens (tertiary/aromatic N) is 1. The molecule has 1 aromatic rings. The van der Waals surface area contributed by atoms with Crippen LogP contribution in [0, 0.1) is 0 Å². The Morgan fingerprint density at radius 3 is 1.88 bits per heavy atom. The number of rotatable bonds is 4. The molecule has 0 aliphatic heterocycles. The van der Waals surface area contributed by atoms with Crippen LogP contribution >= 0.6 is 9.53 Å². The fraction of sp³-hybridized carbons (Fsp3) is 0.455. The molecular formula is C11H16ClNO3Pd. The average molecular weight is 352 g/mol. The van der Waals surface area contributed by atoms with Crippen LogP contribution < -0.4 is 14.6 Å². The molecule has 4 nitrogen and oxygen atoms in total. The molecule has 1 aromatic carbocycles. The van der Waals surface area contributed by atoms with Gasteiger partial charge in [-0.3, -0.25) is 0 Å². The summed E-state index contributed by atoms with van der Waals surface area (Å²) in [6.07, 6.45) is 0. The Labute approximate surface area is 117 Å². The molecule has 6 heteroatoms. The van der Waals surface area contributed by atoms with Crippen molar-refractivity contribution in [2.24, 2.45) is 0 Å². The number of benzene rings is 1. The molecule has 0 spiro atoms. The van der Waals surface area contributed by atoms with Gasteiger partial charge in [0.1, 0.15) is 11.5 Å². The number of methoxy groups -OCH3 is 2. The zero-order valence-electron chi connectivity index (χ0n) is 10.2. The van der Waals surface area contributed by atoms with Crippen molar-refractivity contribution in [3.63, 3.8) is 0 Å². The molecule has 100 valence electrons. The van der Waals surface area contributed by atoms with Crippen molar-refractivity contribution >= 4 is 9.53 Å². The molecule has 0 aliphatic carbocycles. The molecule has 0 N–H and O–H groups in total. The summed E-state index contributed by atoms with van der Waals surface area (Å²) in [4.78, 5) is 2.01. The van der Waals surface area contributed by atoms with E-state index >= 15 is 0 Å². The second-order valence-electron chi connectivity index (χ2n) is 3.57. The molecule has 0 heterocycles. The Morgan fingerprint density at radius 2 is 1.59 bits per heavy atom. The molecule has 0 fully saturated rings. The van der Waals surface area contributed by atoms with E-state index in [0.717, 1.165) is 12.1 Å². The van der Waals surface area contributed by atoms with Crippen molar-refractivity contribution in [1.29, 1.82) is 0 Å². The number of ether oxygens (including phenoxy) is 2. The predicted molar refractivity (Wildman–Crippen MR) is 62.2 cm³/mol. The second-order valence-corrected chi connectivity index (χ2v) is 3.57. The Bertz CT molecular complexity index is 322. The minimum atomic E-state index is -0.206. The topological polar surface area (TPSA) is 44.8 Å². The maximum absolute atomic E-state index is 11.6. The van der Waals surface area contributed by atoms with Crippen LogP contribution in [-0.2, 0) is 24.7 Å². The summed E-state index contributed by atoms with van der Waals surface area (Å²) in [6, 6.07) is 3.48. The Morgan fingerprint density at radius 1 is 1.18 bits per heavy atom. The SMILES string of the molecule is COc1cc(CN(C)C)cc(OC)c1[O-].[Cl][Pd+]. The van der Waals surface area contributed by atoms with Crippen LogP contribution in [0.1, 0.15) is 5.56 Å². The van der Waals surface area contributed by atoms with E-state index in [4.69, 9.17) is 9.47 Å². The normalized spacial score (nSPS) is 9.65. The van der Waals surface area contributed by atoms with E-state index in [1.54, 1.807) is 12.1 Å². The van der Waals surface area contributed by atoms with E-state index in [-0.39, 0.29) is 5.75 Å². The molecule has 0 aromatic heterocycles. The zero-order chi connectivity index (χ0) is 13.4. The monoisotopic (exact) mass is 351 g/mol. The third-order valence-electron chi connectivity index (χ3n) is 2.02. The van der Waals surface area contributed by atoms with Gasteiger partial charge in [0.15, 0.2) is 0 Å². The first-order valence-corrected chi connectivity index (χ1v) is 6.77. The summed E-state index contributed by atoms with van der Waals surface area (Å²) >= 11 is 2.22. The van der Waals surface area contributed by atoms with Crippen LogP contribution in [0.2, 0.25) is 0 Å². The molecule has 0 atom stereocenters. The van der Waals surface area contributed by atoms with Crippen molar-refractivity contribution < 1.29 is 32.8 Å². The van der Waals surface area contributed by atoms with Crippen LogP contribution in [0.15, 0.2) is 12.1 Å². The van der Waals surface area contributed by atoms with E-state index in [2.05, 4.69) is 27.7 Å². The van der Waals surface area contributed by atoms with E-state index in [9.17, 15) is 5.11 Å². The summed E-state index contributed by atoms with van der Waals surface area (Å²) in [5.41, 5.74) is 0.994. The second kappa shape index (κ2) is 8.60. The third-order valence-corrected chi connectivity index (χ3v) is 2.02. The fourth-order valence-electron chi connectivity index (χ4n) is 1.39. The molecule has 0 unspecified atom stereocenters. The maximum atomic E-state index is 11.6. The van der Waals surface area contributed by atoms with Crippen molar-refractivity contribution in [3.8, 4) is 17.2 Å². The standard InChI is InChI=1S/C11H17NO3.ClH.Pd/c1-12(2)7-8-5-9(14-3)11(13)10(6-8)15-4;;/h5-6,13H,7H2,1-4H3;1H;/q;;+2/p-2. The Kier molecular flexibility index (Phi) is 8.36. The molecule has 0 saturated carbocycles. The average Bonchev–Trinajstić information content (AvgIpc) is 2.33. The third kappa shape index (κ3) is 5.14. The molecule has 0 radical (unpaired) electrons. The van der Waals surface area contributed by atoms with Gasteiger partial charge in [-0.2, -0.15) is 0 Å². The van der Waals surface area contributed by atoms with Gasteiger partial charge < -0.3 is 19.5 Å². The summed E-state index contributed by atoms with van der Waals surface area (Å²) in [5, 5.41) is 11.6. The Balaban J connectivity index is 0.00000121. The van der Waals surface area contributed by atoms with E-state index < -0.39 is 0 Å². The molecule has 0 saturated heterocycles. The summed E-state index contributed by atoms with van der Waals surface area (Å²) in [6.45, 7) is 0.743. The van der Waals surface area contributed by atoms with E-state index in [0.29, 0.717) is 11.5 Å². The van der Waals surface area contributed by atoms with Gasteiger partial charge in [0.2, 0.25) is 0 Å². The molecule has 0 bridgehead atoms. The first-order chi connectivity index (χ1) is 8.08. The van der Waals surface area contributed by atoms with Gasteiger partial charge in [0.25, 0.3) is 0 Å². The summed E-state index contributed by atoms with van der Waals surface area (Å²) in [7, 11) is 11.4. The minimum absolute atomic E-state index is 0.206. The van der Waals surface area contributed by atoms with Gasteiger partial charge in [-0.25, -0.2) is 0 Å². The fourth-order valence-corrected chi connectivity index (χ4v) is 1.39. The first kappa shape index (κ1) is 16.5. The van der Waals surface area contributed by atoms with Gasteiger partial charge >= 0.3 is 27.7 Å². The predicted octanol–water partition coefficient (Wildman–Crippen LogP) is 1.53. The summed E-state index contributed by atoms with van der Waals surface area (Å²) < 4.78 is 10.00. The van der Waals surface area contributed by atoms with E-state index in [1.807, 2.05) is 19.0 Å². The van der Waals surface area contributed by atoms with Gasteiger partial charge in [-0.15, -0.1) is 0 Å². The molecule has 0 amide bonds. The quantitative estimate of drug-likeness (QED) is 0.771. The van der Waals surface area contributed by atoms with Crippen LogP contribution in [0.5, 0.6) is 17.2 Å². The molecular weight excluding hydrogens is 336 g/mol. The van der Waals surface area contributed by atoms with E-state index in [1.165, 1.54) is 14.2 Å². The van der Waals surface area contributed by atoms with Gasteiger partial charge in [-0.05, 0) is 37.5 Å². The van der Waals surface area contributed by atoms with Crippen molar-refractivity contribution in [1.82, 2.24) is 4.90 Å². The number of hydrogen-bond acceptors (Lipinski definition) is 4. The Hall–Kier alpha value is -0.468. The van der Waals surface area contributed by atoms with Crippen molar-refractivity contribution in [2.45, 2.75) is 6.54 Å². The van der Waals surface area contributed by atoms with Gasteiger partial charge in [-0.1, -0.05) is 0 Å². The van der Waals surface area contributed by atoms with Crippen LogP contribution in [0.3, 0.4) is 0 Å². The van der Waals surface area contributed by atoms with Gasteiger partial charge in [0, 0.05) is 6.54 Å². The van der Waals surface area contributed by atoms with Crippen LogP contribution in [-0.4, -0.2) is 33.2 Å². The van der Waals surface area contributed by atoms with Gasteiger partial charge in [0.05, 0.1) is 14.2 Å². The number of halogens is 1.